The number of carbonyl (C=O) groups excluding carboxylic acids is 1. The molecule has 0 spiro atoms. The van der Waals surface area contributed by atoms with E-state index in [1.807, 2.05) is 13.0 Å². The first-order valence-corrected chi connectivity index (χ1v) is 7.47. The third kappa shape index (κ3) is 3.30. The Morgan fingerprint density at radius 2 is 2.41 bits per heavy atom. The zero-order valence-corrected chi connectivity index (χ0v) is 12.5. The van der Waals surface area contributed by atoms with Crippen LogP contribution in [-0.2, 0) is 0 Å². The maximum absolute atomic E-state index is 12.0. The van der Waals surface area contributed by atoms with E-state index in [0.717, 1.165) is 33.6 Å². The molecule has 1 aliphatic heterocycles. The molecule has 1 aliphatic rings. The Morgan fingerprint density at radius 3 is 3.00 bits per heavy atom. The molecule has 2 heterocycles. The van der Waals surface area contributed by atoms with Gasteiger partial charge in [0.15, 0.2) is 0 Å². The average molecular weight is 317 g/mol. The number of amides is 1. The normalized spacial score (nSPS) is 24.6. The molecule has 0 bridgehead atoms. The van der Waals surface area contributed by atoms with Crippen molar-refractivity contribution < 1.29 is 4.79 Å². The number of hydrogen-bond donors (Lipinski definition) is 2. The number of rotatable bonds is 2. The molecule has 2 atom stereocenters. The molecule has 3 nitrogen and oxygen atoms in total. The summed E-state index contributed by atoms with van der Waals surface area (Å²) >= 11 is 4.95. The van der Waals surface area contributed by atoms with Crippen LogP contribution < -0.4 is 10.6 Å². The lowest BCUT2D eigenvalue weighted by Crippen LogP contribution is -2.46. The summed E-state index contributed by atoms with van der Waals surface area (Å²) in [7, 11) is 0. The summed E-state index contributed by atoms with van der Waals surface area (Å²) in [5, 5.41) is 6.50. The van der Waals surface area contributed by atoms with E-state index in [-0.39, 0.29) is 5.91 Å². The zero-order valence-electron chi connectivity index (χ0n) is 10.0. The average Bonchev–Trinajstić information content (AvgIpc) is 2.59. The highest BCUT2D eigenvalue weighted by atomic mass is 79.9. The van der Waals surface area contributed by atoms with E-state index in [4.69, 9.17) is 0 Å². The fourth-order valence-corrected chi connectivity index (χ4v) is 3.53. The van der Waals surface area contributed by atoms with Gasteiger partial charge in [0.25, 0.3) is 5.91 Å². The lowest BCUT2D eigenvalue weighted by Gasteiger charge is -2.28. The van der Waals surface area contributed by atoms with Gasteiger partial charge in [-0.3, -0.25) is 4.79 Å². The molecule has 5 heteroatoms. The highest BCUT2D eigenvalue weighted by molar-refractivity contribution is 9.11. The van der Waals surface area contributed by atoms with Gasteiger partial charge in [0.2, 0.25) is 0 Å². The molecule has 0 aliphatic carbocycles. The third-order valence-corrected chi connectivity index (χ3v) is 5.18. The van der Waals surface area contributed by atoms with Crippen LogP contribution in [-0.4, -0.2) is 24.5 Å². The van der Waals surface area contributed by atoms with Crippen LogP contribution >= 0.6 is 27.3 Å². The van der Waals surface area contributed by atoms with Gasteiger partial charge in [-0.1, -0.05) is 0 Å². The van der Waals surface area contributed by atoms with Gasteiger partial charge in [0, 0.05) is 12.1 Å². The first kappa shape index (κ1) is 13.1. The molecule has 0 radical (unpaired) electrons. The monoisotopic (exact) mass is 316 g/mol. The van der Waals surface area contributed by atoms with Crippen molar-refractivity contribution in [2.45, 2.75) is 38.8 Å². The second-order valence-corrected chi connectivity index (χ2v) is 6.99. The quantitative estimate of drug-likeness (QED) is 0.880. The van der Waals surface area contributed by atoms with Crippen molar-refractivity contribution in [3.63, 3.8) is 0 Å². The van der Waals surface area contributed by atoms with Crippen LogP contribution in [0, 0.1) is 6.92 Å². The number of piperidine rings is 1. The van der Waals surface area contributed by atoms with Gasteiger partial charge < -0.3 is 10.6 Å². The molecule has 1 aromatic heterocycles. The molecular formula is C12H17BrN2OS. The second-order valence-electron chi connectivity index (χ2n) is 4.62. The Morgan fingerprint density at radius 1 is 1.65 bits per heavy atom. The van der Waals surface area contributed by atoms with Crippen molar-refractivity contribution in [2.24, 2.45) is 0 Å². The maximum atomic E-state index is 12.0. The van der Waals surface area contributed by atoms with E-state index in [9.17, 15) is 4.79 Å². The van der Waals surface area contributed by atoms with Crippen molar-refractivity contribution >= 4 is 33.2 Å². The first-order valence-electron chi connectivity index (χ1n) is 5.86. The summed E-state index contributed by atoms with van der Waals surface area (Å²) in [6.45, 7) is 5.15. The van der Waals surface area contributed by atoms with Crippen LogP contribution in [0.25, 0.3) is 0 Å². The highest BCUT2D eigenvalue weighted by Gasteiger charge is 2.21. The van der Waals surface area contributed by atoms with Gasteiger partial charge >= 0.3 is 0 Å². The molecule has 17 heavy (non-hydrogen) atoms. The van der Waals surface area contributed by atoms with Crippen LogP contribution in [0.4, 0.5) is 0 Å². The number of aryl methyl sites for hydroxylation is 1. The predicted molar refractivity (Wildman–Crippen MR) is 74.7 cm³/mol. The lowest BCUT2D eigenvalue weighted by molar-refractivity contribution is 0.0930. The number of nitrogens with one attached hydrogen (secondary N) is 2. The topological polar surface area (TPSA) is 41.1 Å². The molecule has 1 amide bonds. The summed E-state index contributed by atoms with van der Waals surface area (Å²) in [4.78, 5) is 12.8. The second kappa shape index (κ2) is 5.50. The summed E-state index contributed by atoms with van der Waals surface area (Å²) in [5.41, 5.74) is 1.12. The summed E-state index contributed by atoms with van der Waals surface area (Å²) < 4.78 is 1.04. The summed E-state index contributed by atoms with van der Waals surface area (Å²) in [6.07, 6.45) is 2.03. The Balaban J connectivity index is 1.96. The molecular weight excluding hydrogens is 300 g/mol. The number of carbonyl (C=O) groups is 1. The van der Waals surface area contributed by atoms with Gasteiger partial charge in [0.1, 0.15) is 0 Å². The molecule has 1 aromatic rings. The standard InChI is InChI=1S/C12H17BrN2OS/c1-7-5-10(17-11(7)13)12(16)15-9-3-4-14-8(2)6-9/h5,8-9,14H,3-4,6H2,1-2H3,(H,15,16). The van der Waals surface area contributed by atoms with E-state index in [0.29, 0.717) is 12.1 Å². The number of halogens is 1. The molecule has 2 N–H and O–H groups in total. The highest BCUT2D eigenvalue weighted by Crippen LogP contribution is 2.27. The smallest absolute Gasteiger partial charge is 0.261 e. The Hall–Kier alpha value is -0.390. The minimum Gasteiger partial charge on any atom is -0.349 e. The zero-order chi connectivity index (χ0) is 12.4. The van der Waals surface area contributed by atoms with Crippen LogP contribution in [0.2, 0.25) is 0 Å². The molecule has 1 fully saturated rings. The van der Waals surface area contributed by atoms with E-state index >= 15 is 0 Å². The fraction of sp³-hybridized carbons (Fsp3) is 0.583. The Labute approximate surface area is 114 Å². The Bertz CT molecular complexity index is 399. The van der Waals surface area contributed by atoms with Gasteiger partial charge in [-0.25, -0.2) is 0 Å². The number of thiophene rings is 1. The third-order valence-electron chi connectivity index (χ3n) is 3.04. The minimum atomic E-state index is 0.0582. The molecule has 2 rings (SSSR count). The van der Waals surface area contributed by atoms with Crippen molar-refractivity contribution in [3.8, 4) is 0 Å². The van der Waals surface area contributed by atoms with Gasteiger partial charge in [-0.2, -0.15) is 0 Å². The van der Waals surface area contributed by atoms with Crippen molar-refractivity contribution in [1.29, 1.82) is 0 Å². The van der Waals surface area contributed by atoms with Crippen molar-refractivity contribution in [1.82, 2.24) is 10.6 Å². The van der Waals surface area contributed by atoms with E-state index < -0.39 is 0 Å². The van der Waals surface area contributed by atoms with E-state index in [1.165, 1.54) is 11.3 Å². The summed E-state index contributed by atoms with van der Waals surface area (Å²) in [5.74, 6) is 0.0582. The largest absolute Gasteiger partial charge is 0.349 e. The van der Waals surface area contributed by atoms with E-state index in [2.05, 4.69) is 33.5 Å². The van der Waals surface area contributed by atoms with Crippen LogP contribution in [0.15, 0.2) is 9.85 Å². The number of hydrogen-bond acceptors (Lipinski definition) is 3. The molecule has 2 unspecified atom stereocenters. The molecule has 1 saturated heterocycles. The van der Waals surface area contributed by atoms with Crippen molar-refractivity contribution in [3.05, 3.63) is 20.3 Å². The van der Waals surface area contributed by atoms with Gasteiger partial charge in [-0.05, 0) is 60.8 Å². The maximum Gasteiger partial charge on any atom is 0.261 e. The summed E-state index contributed by atoms with van der Waals surface area (Å²) in [6, 6.07) is 2.74. The molecule has 0 saturated carbocycles. The van der Waals surface area contributed by atoms with E-state index in [1.54, 1.807) is 0 Å². The lowest BCUT2D eigenvalue weighted by atomic mass is 10.0. The fourth-order valence-electron chi connectivity index (χ4n) is 2.09. The van der Waals surface area contributed by atoms with Crippen LogP contribution in [0.1, 0.15) is 35.0 Å². The van der Waals surface area contributed by atoms with Crippen LogP contribution in [0.3, 0.4) is 0 Å². The molecule has 94 valence electrons. The minimum absolute atomic E-state index is 0.0582. The SMILES string of the molecule is Cc1cc(C(=O)NC2CCNC(C)C2)sc1Br. The van der Waals surface area contributed by atoms with Crippen LogP contribution in [0.5, 0.6) is 0 Å². The van der Waals surface area contributed by atoms with Crippen molar-refractivity contribution in [2.75, 3.05) is 6.54 Å². The Kier molecular flexibility index (Phi) is 4.22. The predicted octanol–water partition coefficient (Wildman–Crippen LogP) is 2.69. The van der Waals surface area contributed by atoms with Gasteiger partial charge in [0.05, 0.1) is 8.66 Å². The van der Waals surface area contributed by atoms with Gasteiger partial charge in [-0.15, -0.1) is 11.3 Å². The first-order chi connectivity index (χ1) is 8.06. The molecule has 0 aromatic carbocycles.